The molecule has 1 aromatic rings. The second-order valence-electron chi connectivity index (χ2n) is 18.4. The Bertz CT molecular complexity index is 1160. The summed E-state index contributed by atoms with van der Waals surface area (Å²) in [6.45, 7) is 23.9. The quantitative estimate of drug-likeness (QED) is 0.289. The Labute approximate surface area is 280 Å². The molecule has 0 spiro atoms. The maximum absolute atomic E-state index is 13.2. The van der Waals surface area contributed by atoms with Crippen LogP contribution in [-0.4, -0.2) is 41.5 Å². The highest BCUT2D eigenvalue weighted by Gasteiger charge is 2.40. The van der Waals surface area contributed by atoms with Crippen LogP contribution < -0.4 is 20.7 Å². The van der Waals surface area contributed by atoms with E-state index in [0.29, 0.717) is 17.6 Å². The van der Waals surface area contributed by atoms with Gasteiger partial charge in [0.2, 0.25) is 0 Å². The first-order valence-corrected chi connectivity index (χ1v) is 18.1. The molecule has 7 heteroatoms. The standard InChI is InChI=1S/C39H65N3O4/c1-25-20-31(36(2,3)4)33(32(21-25)37(5,6)7)46-35(44)41-29-18-14-27(15-19-29)22-26-12-16-28(17-13-26)40-34(43)45-30-23-38(8,9)42-39(10,11)24-30/h20-21,26-30,42H,12-19,22-24H2,1-11H3,(H,40,43)(H,41,44). The van der Waals surface area contributed by atoms with Crippen molar-refractivity contribution in [2.24, 2.45) is 11.8 Å². The van der Waals surface area contributed by atoms with Gasteiger partial charge in [-0.1, -0.05) is 59.2 Å². The number of hydrogen-bond acceptors (Lipinski definition) is 5. The predicted octanol–water partition coefficient (Wildman–Crippen LogP) is 9.22. The fourth-order valence-corrected chi connectivity index (χ4v) is 8.51. The van der Waals surface area contributed by atoms with Crippen molar-refractivity contribution in [2.45, 2.75) is 187 Å². The van der Waals surface area contributed by atoms with Crippen LogP contribution in [0.2, 0.25) is 0 Å². The minimum absolute atomic E-state index is 0.0446. The van der Waals surface area contributed by atoms with E-state index in [1.54, 1.807) is 0 Å². The number of piperidine rings is 1. The van der Waals surface area contributed by atoms with Gasteiger partial charge in [-0.25, -0.2) is 9.59 Å². The molecule has 260 valence electrons. The van der Waals surface area contributed by atoms with Gasteiger partial charge in [-0.2, -0.15) is 0 Å². The minimum atomic E-state index is -0.333. The maximum atomic E-state index is 13.2. The van der Waals surface area contributed by atoms with Crippen LogP contribution in [0.3, 0.4) is 0 Å². The summed E-state index contributed by atoms with van der Waals surface area (Å²) in [6.07, 6.45) is 10.9. The molecule has 46 heavy (non-hydrogen) atoms. The Hall–Kier alpha value is -2.28. The van der Waals surface area contributed by atoms with Crippen LogP contribution >= 0.6 is 0 Å². The molecule has 0 radical (unpaired) electrons. The van der Waals surface area contributed by atoms with E-state index in [4.69, 9.17) is 9.47 Å². The van der Waals surface area contributed by atoms with Gasteiger partial charge in [-0.15, -0.1) is 0 Å². The minimum Gasteiger partial charge on any atom is -0.446 e. The SMILES string of the molecule is Cc1cc(C(C)(C)C)c(OC(=O)NC2CCC(CC3CCC(NC(=O)OC4CC(C)(C)NC(C)(C)C4)CC3)CC2)c(C(C)(C)C)c1. The zero-order valence-corrected chi connectivity index (χ0v) is 31.0. The van der Waals surface area contributed by atoms with E-state index in [9.17, 15) is 9.59 Å². The van der Waals surface area contributed by atoms with Gasteiger partial charge in [0.1, 0.15) is 11.9 Å². The van der Waals surface area contributed by atoms with Crippen molar-refractivity contribution in [3.05, 3.63) is 28.8 Å². The average Bonchev–Trinajstić information content (AvgIpc) is 2.88. The molecular weight excluding hydrogens is 574 g/mol. The highest BCUT2D eigenvalue weighted by molar-refractivity contribution is 5.72. The summed E-state index contributed by atoms with van der Waals surface area (Å²) >= 11 is 0. The Kier molecular flexibility index (Phi) is 11.2. The molecule has 0 unspecified atom stereocenters. The summed E-state index contributed by atoms with van der Waals surface area (Å²) in [7, 11) is 0. The molecule has 1 heterocycles. The zero-order valence-electron chi connectivity index (χ0n) is 31.0. The van der Waals surface area contributed by atoms with E-state index >= 15 is 0 Å². The molecule has 2 aliphatic carbocycles. The van der Waals surface area contributed by atoms with E-state index in [1.165, 1.54) is 12.0 Å². The van der Waals surface area contributed by atoms with Gasteiger partial charge >= 0.3 is 12.2 Å². The van der Waals surface area contributed by atoms with Gasteiger partial charge in [0.25, 0.3) is 0 Å². The lowest BCUT2D eigenvalue weighted by Gasteiger charge is -2.46. The third-order valence-electron chi connectivity index (χ3n) is 10.5. The van der Waals surface area contributed by atoms with Crippen molar-refractivity contribution in [3.8, 4) is 5.75 Å². The largest absolute Gasteiger partial charge is 0.446 e. The van der Waals surface area contributed by atoms with Gasteiger partial charge in [0.15, 0.2) is 0 Å². The molecule has 3 fully saturated rings. The van der Waals surface area contributed by atoms with E-state index in [1.807, 2.05) is 0 Å². The Morgan fingerprint density at radius 2 is 1.15 bits per heavy atom. The topological polar surface area (TPSA) is 88.7 Å². The lowest BCUT2D eigenvalue weighted by Crippen LogP contribution is -2.60. The number of ether oxygens (including phenoxy) is 2. The predicted molar refractivity (Wildman–Crippen MR) is 188 cm³/mol. The molecule has 0 aromatic heterocycles. The summed E-state index contributed by atoms with van der Waals surface area (Å²) in [5.74, 6) is 2.14. The van der Waals surface area contributed by atoms with Crippen LogP contribution in [0.1, 0.15) is 157 Å². The van der Waals surface area contributed by atoms with E-state index in [2.05, 4.69) is 104 Å². The highest BCUT2D eigenvalue weighted by atomic mass is 16.6. The van der Waals surface area contributed by atoms with Crippen molar-refractivity contribution in [3.63, 3.8) is 0 Å². The van der Waals surface area contributed by atoms with E-state index < -0.39 is 0 Å². The molecular formula is C39H65N3O4. The number of benzene rings is 1. The normalized spacial score (nSPS) is 27.0. The van der Waals surface area contributed by atoms with Crippen molar-refractivity contribution < 1.29 is 19.1 Å². The summed E-state index contributed by atoms with van der Waals surface area (Å²) in [4.78, 5) is 26.0. The molecule has 1 aromatic carbocycles. The van der Waals surface area contributed by atoms with Gasteiger partial charge in [-0.3, -0.25) is 0 Å². The Morgan fingerprint density at radius 3 is 1.57 bits per heavy atom. The third-order valence-corrected chi connectivity index (χ3v) is 10.5. The molecule has 1 saturated heterocycles. The fourth-order valence-electron chi connectivity index (χ4n) is 8.51. The molecule has 3 aliphatic rings. The van der Waals surface area contributed by atoms with Crippen molar-refractivity contribution in [2.75, 3.05) is 0 Å². The maximum Gasteiger partial charge on any atom is 0.412 e. The molecule has 7 nitrogen and oxygen atoms in total. The molecule has 1 aliphatic heterocycles. The summed E-state index contributed by atoms with van der Waals surface area (Å²) < 4.78 is 12.0. The molecule has 2 saturated carbocycles. The average molecular weight is 640 g/mol. The number of carbonyl (C=O) groups is 2. The number of rotatable bonds is 6. The van der Waals surface area contributed by atoms with Crippen molar-refractivity contribution in [1.29, 1.82) is 0 Å². The molecule has 3 N–H and O–H groups in total. The molecule has 0 bridgehead atoms. The van der Waals surface area contributed by atoms with Crippen molar-refractivity contribution >= 4 is 12.2 Å². The summed E-state index contributed by atoms with van der Waals surface area (Å²) in [6, 6.07) is 4.69. The smallest absolute Gasteiger partial charge is 0.412 e. The number of amides is 2. The van der Waals surface area contributed by atoms with Crippen LogP contribution in [-0.2, 0) is 15.6 Å². The first kappa shape index (κ1) is 36.6. The fraction of sp³-hybridized carbons (Fsp3) is 0.795. The molecule has 2 amide bonds. The number of alkyl carbamates (subject to hydrolysis) is 1. The van der Waals surface area contributed by atoms with Gasteiger partial charge < -0.3 is 25.4 Å². The number of hydrogen-bond donors (Lipinski definition) is 3. The van der Waals surface area contributed by atoms with Crippen LogP contribution in [0.15, 0.2) is 12.1 Å². The number of aryl methyl sites for hydroxylation is 1. The van der Waals surface area contributed by atoms with Gasteiger partial charge in [-0.05, 0) is 115 Å². The number of carbonyl (C=O) groups excluding carboxylic acids is 2. The third kappa shape index (κ3) is 10.4. The first-order chi connectivity index (χ1) is 21.2. The number of nitrogens with one attached hydrogen (secondary N) is 3. The Morgan fingerprint density at radius 1 is 0.739 bits per heavy atom. The zero-order chi connectivity index (χ0) is 34.1. The highest BCUT2D eigenvalue weighted by Crippen LogP contribution is 2.41. The van der Waals surface area contributed by atoms with E-state index in [-0.39, 0.29) is 52.3 Å². The van der Waals surface area contributed by atoms with Gasteiger partial charge in [0.05, 0.1) is 0 Å². The van der Waals surface area contributed by atoms with Crippen LogP contribution in [0.4, 0.5) is 9.59 Å². The lowest BCUT2D eigenvalue weighted by molar-refractivity contribution is 0.0173. The first-order valence-electron chi connectivity index (χ1n) is 18.1. The summed E-state index contributed by atoms with van der Waals surface area (Å²) in [5.41, 5.74) is 2.98. The molecule has 0 atom stereocenters. The van der Waals surface area contributed by atoms with Gasteiger partial charge in [0, 0.05) is 47.1 Å². The van der Waals surface area contributed by atoms with Crippen LogP contribution in [0.5, 0.6) is 5.75 Å². The second-order valence-corrected chi connectivity index (χ2v) is 18.4. The lowest BCUT2D eigenvalue weighted by atomic mass is 9.76. The van der Waals surface area contributed by atoms with Crippen molar-refractivity contribution in [1.82, 2.24) is 16.0 Å². The monoisotopic (exact) mass is 639 g/mol. The second kappa shape index (κ2) is 14.1. The van der Waals surface area contributed by atoms with Crippen LogP contribution in [0.25, 0.3) is 0 Å². The van der Waals surface area contributed by atoms with E-state index in [0.717, 1.165) is 75.3 Å². The Balaban J connectivity index is 1.19. The van der Waals surface area contributed by atoms with Crippen LogP contribution in [0, 0.1) is 18.8 Å². The molecule has 4 rings (SSSR count). The summed E-state index contributed by atoms with van der Waals surface area (Å²) in [5, 5.41) is 10.0.